The zero-order valence-corrected chi connectivity index (χ0v) is 17.0. The second kappa shape index (κ2) is 9.23. The molecule has 158 valence electrons. The Morgan fingerprint density at radius 2 is 1.97 bits per heavy atom. The number of benzene rings is 1. The molecule has 3 N–H and O–H groups in total. The summed E-state index contributed by atoms with van der Waals surface area (Å²) >= 11 is 0. The number of methoxy groups -OCH3 is 1. The Balaban J connectivity index is 1.35. The molecule has 2 fully saturated rings. The van der Waals surface area contributed by atoms with E-state index in [0.29, 0.717) is 30.9 Å². The molecule has 30 heavy (non-hydrogen) atoms. The topological polar surface area (TPSA) is 95.6 Å². The zero-order valence-electron chi connectivity index (χ0n) is 17.0. The number of hydrogen-bond acceptors (Lipinski definition) is 6. The van der Waals surface area contributed by atoms with Crippen LogP contribution in [0, 0.1) is 5.92 Å². The van der Waals surface area contributed by atoms with Crippen LogP contribution in [-0.4, -0.2) is 47.9 Å². The van der Waals surface area contributed by atoms with Gasteiger partial charge in [-0.1, -0.05) is 12.1 Å². The molecule has 8 nitrogen and oxygen atoms in total. The third kappa shape index (κ3) is 4.44. The Hall–Kier alpha value is -2.97. The fourth-order valence-corrected chi connectivity index (χ4v) is 4.13. The lowest BCUT2D eigenvalue weighted by Crippen LogP contribution is -2.50. The van der Waals surface area contributed by atoms with Gasteiger partial charge in [0.25, 0.3) is 0 Å². The highest BCUT2D eigenvalue weighted by atomic mass is 16.5. The first-order chi connectivity index (χ1) is 14.7. The zero-order chi connectivity index (χ0) is 20.9. The summed E-state index contributed by atoms with van der Waals surface area (Å²) in [6, 6.07) is 11.0. The van der Waals surface area contributed by atoms with Crippen LogP contribution in [0.2, 0.25) is 0 Å². The number of carbonyl (C=O) groups excluding carboxylic acids is 2. The van der Waals surface area contributed by atoms with Gasteiger partial charge in [0, 0.05) is 31.5 Å². The molecule has 0 saturated carbocycles. The first-order valence-electron chi connectivity index (χ1n) is 10.3. The first kappa shape index (κ1) is 20.3. The number of carbonyl (C=O) groups is 2. The molecule has 3 heterocycles. The van der Waals surface area contributed by atoms with Gasteiger partial charge in [-0.25, -0.2) is 10.9 Å². The van der Waals surface area contributed by atoms with Gasteiger partial charge in [-0.15, -0.1) is 0 Å². The fourth-order valence-electron chi connectivity index (χ4n) is 4.13. The molecule has 2 amide bonds. The molecule has 0 aliphatic carbocycles. The van der Waals surface area contributed by atoms with Crippen molar-refractivity contribution in [1.82, 2.24) is 20.7 Å². The number of likely N-dealkylation sites (tertiary alicyclic amines) is 1. The van der Waals surface area contributed by atoms with E-state index in [1.165, 1.54) is 0 Å². The van der Waals surface area contributed by atoms with Crippen LogP contribution >= 0.6 is 0 Å². The number of para-hydroxylation sites is 2. The van der Waals surface area contributed by atoms with Crippen LogP contribution in [0.25, 0.3) is 0 Å². The Morgan fingerprint density at radius 1 is 1.17 bits per heavy atom. The molecule has 2 aliphatic heterocycles. The number of hydrogen-bond donors (Lipinski definition) is 3. The molecule has 0 bridgehead atoms. The maximum Gasteiger partial charge on any atom is 0.241 e. The van der Waals surface area contributed by atoms with Gasteiger partial charge in [-0.3, -0.25) is 14.6 Å². The third-order valence-corrected chi connectivity index (χ3v) is 5.78. The van der Waals surface area contributed by atoms with Gasteiger partial charge in [0.05, 0.1) is 18.7 Å². The summed E-state index contributed by atoms with van der Waals surface area (Å²) in [5.74, 6) is 0.342. The average Bonchev–Trinajstić information content (AvgIpc) is 3.30. The molecule has 2 aliphatic rings. The normalized spacial score (nSPS) is 23.8. The van der Waals surface area contributed by atoms with Crippen molar-refractivity contribution < 1.29 is 14.3 Å². The van der Waals surface area contributed by atoms with Crippen LogP contribution in [0.1, 0.15) is 30.9 Å². The molecule has 2 saturated heterocycles. The molecule has 1 aromatic carbocycles. The highest BCUT2D eigenvalue weighted by Gasteiger charge is 2.36. The monoisotopic (exact) mass is 409 g/mol. The highest BCUT2D eigenvalue weighted by molar-refractivity contribution is 5.94. The van der Waals surface area contributed by atoms with Gasteiger partial charge < -0.3 is 15.0 Å². The van der Waals surface area contributed by atoms with E-state index in [2.05, 4.69) is 21.2 Å². The second-order valence-electron chi connectivity index (χ2n) is 7.72. The SMILES string of the molecule is COc1ccccc1NC(=O)C1CCCN(C(=O)C2CC(c3ccncc3)NN2)C1. The van der Waals surface area contributed by atoms with Crippen molar-refractivity contribution in [3.63, 3.8) is 0 Å². The molecule has 1 aromatic heterocycles. The summed E-state index contributed by atoms with van der Waals surface area (Å²) in [6.45, 7) is 1.10. The van der Waals surface area contributed by atoms with E-state index in [-0.39, 0.29) is 29.8 Å². The van der Waals surface area contributed by atoms with Gasteiger partial charge in [0.2, 0.25) is 11.8 Å². The summed E-state index contributed by atoms with van der Waals surface area (Å²) in [4.78, 5) is 31.7. The molecular formula is C22H27N5O3. The largest absolute Gasteiger partial charge is 0.495 e. The number of hydrazine groups is 1. The lowest BCUT2D eigenvalue weighted by Gasteiger charge is -2.33. The summed E-state index contributed by atoms with van der Waals surface area (Å²) in [5.41, 5.74) is 8.07. The first-order valence-corrected chi connectivity index (χ1v) is 10.3. The van der Waals surface area contributed by atoms with Crippen LogP contribution in [0.4, 0.5) is 5.69 Å². The number of anilines is 1. The van der Waals surface area contributed by atoms with E-state index in [4.69, 9.17) is 4.74 Å². The molecule has 8 heteroatoms. The van der Waals surface area contributed by atoms with Crippen LogP contribution in [-0.2, 0) is 9.59 Å². The van der Waals surface area contributed by atoms with Gasteiger partial charge in [0.15, 0.2) is 0 Å². The van der Waals surface area contributed by atoms with Gasteiger partial charge in [0.1, 0.15) is 11.8 Å². The van der Waals surface area contributed by atoms with E-state index in [1.807, 2.05) is 41.3 Å². The molecule has 3 unspecified atom stereocenters. The van der Waals surface area contributed by atoms with Crippen molar-refractivity contribution in [2.24, 2.45) is 5.92 Å². The van der Waals surface area contributed by atoms with Gasteiger partial charge in [-0.05, 0) is 49.1 Å². The summed E-state index contributed by atoms with van der Waals surface area (Å²) in [7, 11) is 1.58. The van der Waals surface area contributed by atoms with Crippen LogP contribution < -0.4 is 20.9 Å². The predicted molar refractivity (Wildman–Crippen MR) is 113 cm³/mol. The van der Waals surface area contributed by atoms with Gasteiger partial charge >= 0.3 is 0 Å². The molecule has 0 spiro atoms. The number of nitrogens with zero attached hydrogens (tertiary/aromatic N) is 2. The van der Waals surface area contributed by atoms with E-state index >= 15 is 0 Å². The smallest absolute Gasteiger partial charge is 0.241 e. The number of amides is 2. The summed E-state index contributed by atoms with van der Waals surface area (Å²) < 4.78 is 5.31. The molecule has 2 aromatic rings. The number of ether oxygens (including phenoxy) is 1. The molecule has 4 rings (SSSR count). The minimum Gasteiger partial charge on any atom is -0.495 e. The van der Waals surface area contributed by atoms with Crippen LogP contribution in [0.15, 0.2) is 48.8 Å². The van der Waals surface area contributed by atoms with Gasteiger partial charge in [-0.2, -0.15) is 0 Å². The number of nitrogens with one attached hydrogen (secondary N) is 3. The highest BCUT2D eigenvalue weighted by Crippen LogP contribution is 2.27. The minimum atomic E-state index is -0.306. The van der Waals surface area contributed by atoms with Crippen molar-refractivity contribution in [2.45, 2.75) is 31.3 Å². The Kier molecular flexibility index (Phi) is 6.25. The third-order valence-electron chi connectivity index (χ3n) is 5.78. The summed E-state index contributed by atoms with van der Waals surface area (Å²) in [5, 5.41) is 2.95. The Labute approximate surface area is 176 Å². The van der Waals surface area contributed by atoms with E-state index in [1.54, 1.807) is 19.5 Å². The minimum absolute atomic E-state index is 0.0360. The standard InChI is InChI=1S/C22H27N5O3/c1-30-20-7-3-2-6-17(20)24-21(28)16-5-4-12-27(14-16)22(29)19-13-18(25-26-19)15-8-10-23-11-9-15/h2-3,6-11,16,18-19,25-26H,4-5,12-14H2,1H3,(H,24,28). The predicted octanol–water partition coefficient (Wildman–Crippen LogP) is 1.88. The number of pyridine rings is 1. The lowest BCUT2D eigenvalue weighted by molar-refractivity contribution is -0.136. The van der Waals surface area contributed by atoms with Crippen molar-refractivity contribution in [1.29, 1.82) is 0 Å². The molecule has 3 atom stereocenters. The number of piperidine rings is 1. The maximum atomic E-state index is 13.1. The van der Waals surface area contributed by atoms with Crippen LogP contribution in [0.3, 0.4) is 0 Å². The van der Waals surface area contributed by atoms with Crippen molar-refractivity contribution in [2.75, 3.05) is 25.5 Å². The maximum absolute atomic E-state index is 13.1. The second-order valence-corrected chi connectivity index (χ2v) is 7.72. The summed E-state index contributed by atoms with van der Waals surface area (Å²) in [6.07, 6.45) is 5.74. The Bertz CT molecular complexity index is 891. The quantitative estimate of drug-likeness (QED) is 0.698. The number of aromatic nitrogens is 1. The van der Waals surface area contributed by atoms with Crippen LogP contribution in [0.5, 0.6) is 5.75 Å². The lowest BCUT2D eigenvalue weighted by atomic mass is 9.95. The van der Waals surface area contributed by atoms with Crippen molar-refractivity contribution in [3.05, 3.63) is 54.4 Å². The van der Waals surface area contributed by atoms with Crippen molar-refractivity contribution >= 4 is 17.5 Å². The molecular weight excluding hydrogens is 382 g/mol. The fraction of sp³-hybridized carbons (Fsp3) is 0.409. The van der Waals surface area contributed by atoms with E-state index < -0.39 is 0 Å². The Morgan fingerprint density at radius 3 is 2.77 bits per heavy atom. The van der Waals surface area contributed by atoms with E-state index in [0.717, 1.165) is 18.4 Å². The van der Waals surface area contributed by atoms with E-state index in [9.17, 15) is 9.59 Å². The van der Waals surface area contributed by atoms with Crippen molar-refractivity contribution in [3.8, 4) is 5.75 Å². The average molecular weight is 409 g/mol. The molecule has 0 radical (unpaired) electrons. The number of rotatable bonds is 5.